The first-order chi connectivity index (χ1) is 10.2. The molecule has 0 aromatic heterocycles. The zero-order chi connectivity index (χ0) is 15.1. The summed E-state index contributed by atoms with van der Waals surface area (Å²) < 4.78 is 0. The fourth-order valence-corrected chi connectivity index (χ4v) is 2.51. The second-order valence-electron chi connectivity index (χ2n) is 5.28. The van der Waals surface area contributed by atoms with Gasteiger partial charge in [0.25, 0.3) is 0 Å². The van der Waals surface area contributed by atoms with Gasteiger partial charge in [-0.05, 0) is 0 Å². The van der Waals surface area contributed by atoms with Crippen LogP contribution in [0.4, 0.5) is 0 Å². The Balaban J connectivity index is 1.65. The van der Waals surface area contributed by atoms with Crippen LogP contribution in [0.1, 0.15) is 0 Å². The molecule has 8 heteroatoms. The van der Waals surface area contributed by atoms with E-state index in [1.54, 1.807) is 4.90 Å². The van der Waals surface area contributed by atoms with Crippen LogP contribution in [0.2, 0.25) is 0 Å². The highest BCUT2D eigenvalue weighted by atomic mass is 16.2. The SMILES string of the molecule is O=CN1CCN(C(=O)C(=O)NCCN2CCNCC2)CC1. The molecule has 8 nitrogen and oxygen atoms in total. The maximum atomic E-state index is 12.0. The monoisotopic (exact) mass is 297 g/mol. The molecule has 118 valence electrons. The Morgan fingerprint density at radius 2 is 1.71 bits per heavy atom. The van der Waals surface area contributed by atoms with Gasteiger partial charge in [-0.2, -0.15) is 0 Å². The number of piperazine rings is 2. The lowest BCUT2D eigenvalue weighted by molar-refractivity contribution is -0.147. The van der Waals surface area contributed by atoms with Crippen LogP contribution in [0.25, 0.3) is 0 Å². The van der Waals surface area contributed by atoms with Gasteiger partial charge in [0.15, 0.2) is 0 Å². The van der Waals surface area contributed by atoms with Gasteiger partial charge in [0.05, 0.1) is 0 Å². The largest absolute Gasteiger partial charge is 0.347 e. The van der Waals surface area contributed by atoms with E-state index >= 15 is 0 Å². The lowest BCUT2D eigenvalue weighted by Gasteiger charge is -2.32. The first kappa shape index (κ1) is 15.7. The number of rotatable bonds is 4. The lowest BCUT2D eigenvalue weighted by Crippen LogP contribution is -2.53. The molecular formula is C13H23N5O3. The van der Waals surface area contributed by atoms with Gasteiger partial charge in [-0.15, -0.1) is 0 Å². The Kier molecular flexibility index (Phi) is 5.94. The minimum atomic E-state index is -0.551. The number of amides is 3. The first-order valence-electron chi connectivity index (χ1n) is 7.40. The number of carbonyl (C=O) groups is 3. The number of carbonyl (C=O) groups excluding carboxylic acids is 3. The van der Waals surface area contributed by atoms with Crippen molar-refractivity contribution in [2.75, 3.05) is 65.4 Å². The molecule has 2 rings (SSSR count). The van der Waals surface area contributed by atoms with Crippen LogP contribution < -0.4 is 10.6 Å². The van der Waals surface area contributed by atoms with E-state index in [0.29, 0.717) is 32.7 Å². The fourth-order valence-electron chi connectivity index (χ4n) is 2.51. The Hall–Kier alpha value is -1.67. The molecule has 0 spiro atoms. The molecular weight excluding hydrogens is 274 g/mol. The van der Waals surface area contributed by atoms with E-state index in [4.69, 9.17) is 0 Å². The lowest BCUT2D eigenvalue weighted by atomic mass is 10.3. The van der Waals surface area contributed by atoms with Crippen LogP contribution in [-0.4, -0.2) is 98.4 Å². The van der Waals surface area contributed by atoms with Crippen LogP contribution in [0.3, 0.4) is 0 Å². The predicted molar refractivity (Wildman–Crippen MR) is 76.5 cm³/mol. The standard InChI is InChI=1S/C13H23N5O3/c19-11-17-7-9-18(10-8-17)13(21)12(20)15-3-6-16-4-1-14-2-5-16/h11,14H,1-10H2,(H,15,20). The Labute approximate surface area is 124 Å². The van der Waals surface area contributed by atoms with Crippen molar-refractivity contribution >= 4 is 18.2 Å². The van der Waals surface area contributed by atoms with Gasteiger partial charge in [0.1, 0.15) is 0 Å². The van der Waals surface area contributed by atoms with Crippen molar-refractivity contribution in [3.63, 3.8) is 0 Å². The Bertz CT molecular complexity index is 376. The number of nitrogens with one attached hydrogen (secondary N) is 2. The van der Waals surface area contributed by atoms with Gasteiger partial charge < -0.3 is 20.4 Å². The normalized spacial score (nSPS) is 20.2. The van der Waals surface area contributed by atoms with E-state index in [0.717, 1.165) is 39.1 Å². The number of nitrogens with zero attached hydrogens (tertiary/aromatic N) is 3. The molecule has 2 heterocycles. The molecule has 0 aromatic carbocycles. The minimum absolute atomic E-state index is 0.419. The third kappa shape index (κ3) is 4.68. The topological polar surface area (TPSA) is 85.0 Å². The van der Waals surface area contributed by atoms with Crippen LogP contribution in [0.15, 0.2) is 0 Å². The summed E-state index contributed by atoms with van der Waals surface area (Å²) in [6.45, 7) is 6.94. The van der Waals surface area contributed by atoms with Gasteiger partial charge >= 0.3 is 11.8 Å². The summed E-state index contributed by atoms with van der Waals surface area (Å²) in [6, 6.07) is 0. The maximum Gasteiger partial charge on any atom is 0.312 e. The Morgan fingerprint density at radius 3 is 2.33 bits per heavy atom. The van der Waals surface area contributed by atoms with Gasteiger partial charge in [-0.25, -0.2) is 0 Å². The zero-order valence-corrected chi connectivity index (χ0v) is 12.2. The van der Waals surface area contributed by atoms with Crippen LogP contribution in [0, 0.1) is 0 Å². The average Bonchev–Trinajstić information content (AvgIpc) is 2.55. The van der Waals surface area contributed by atoms with Crippen molar-refractivity contribution in [3.8, 4) is 0 Å². The molecule has 0 radical (unpaired) electrons. The average molecular weight is 297 g/mol. The van der Waals surface area contributed by atoms with E-state index in [1.165, 1.54) is 4.90 Å². The molecule has 2 aliphatic rings. The van der Waals surface area contributed by atoms with Crippen molar-refractivity contribution in [1.29, 1.82) is 0 Å². The second-order valence-corrected chi connectivity index (χ2v) is 5.28. The molecule has 0 atom stereocenters. The molecule has 2 N–H and O–H groups in total. The van der Waals surface area contributed by atoms with Crippen molar-refractivity contribution in [2.24, 2.45) is 0 Å². The summed E-state index contributed by atoms with van der Waals surface area (Å²) in [5.41, 5.74) is 0. The van der Waals surface area contributed by atoms with Gasteiger partial charge in [-0.1, -0.05) is 0 Å². The first-order valence-corrected chi connectivity index (χ1v) is 7.40. The molecule has 0 aliphatic carbocycles. The molecule has 2 aliphatic heterocycles. The van der Waals surface area contributed by atoms with Crippen LogP contribution in [0.5, 0.6) is 0 Å². The highest BCUT2D eigenvalue weighted by Gasteiger charge is 2.25. The Morgan fingerprint density at radius 1 is 1.05 bits per heavy atom. The fraction of sp³-hybridized carbons (Fsp3) is 0.769. The van der Waals surface area contributed by atoms with Gasteiger partial charge in [0.2, 0.25) is 6.41 Å². The maximum absolute atomic E-state index is 12.0. The van der Waals surface area contributed by atoms with Gasteiger partial charge in [0, 0.05) is 65.4 Å². The van der Waals surface area contributed by atoms with Crippen molar-refractivity contribution in [2.45, 2.75) is 0 Å². The third-order valence-corrected chi connectivity index (χ3v) is 3.87. The number of hydrogen-bond acceptors (Lipinski definition) is 5. The molecule has 0 bridgehead atoms. The smallest absolute Gasteiger partial charge is 0.312 e. The molecule has 0 aromatic rings. The van der Waals surface area contributed by atoms with Crippen molar-refractivity contribution in [1.82, 2.24) is 25.3 Å². The van der Waals surface area contributed by atoms with E-state index < -0.39 is 11.8 Å². The van der Waals surface area contributed by atoms with Gasteiger partial charge in [-0.3, -0.25) is 19.3 Å². The summed E-state index contributed by atoms with van der Waals surface area (Å²) >= 11 is 0. The van der Waals surface area contributed by atoms with Crippen molar-refractivity contribution < 1.29 is 14.4 Å². The predicted octanol–water partition coefficient (Wildman–Crippen LogP) is -2.69. The summed E-state index contributed by atoms with van der Waals surface area (Å²) in [5.74, 6) is -1.05. The van der Waals surface area contributed by atoms with E-state index in [1.807, 2.05) is 0 Å². The molecule has 3 amide bonds. The summed E-state index contributed by atoms with van der Waals surface area (Å²) in [5, 5.41) is 5.94. The van der Waals surface area contributed by atoms with E-state index in [-0.39, 0.29) is 0 Å². The second kappa shape index (κ2) is 7.94. The van der Waals surface area contributed by atoms with Crippen LogP contribution in [-0.2, 0) is 14.4 Å². The summed E-state index contributed by atoms with van der Waals surface area (Å²) in [7, 11) is 0. The van der Waals surface area contributed by atoms with Crippen molar-refractivity contribution in [3.05, 3.63) is 0 Å². The molecule has 0 unspecified atom stereocenters. The van der Waals surface area contributed by atoms with Crippen LogP contribution >= 0.6 is 0 Å². The minimum Gasteiger partial charge on any atom is -0.347 e. The molecule has 2 saturated heterocycles. The molecule has 2 fully saturated rings. The summed E-state index contributed by atoms with van der Waals surface area (Å²) in [6.07, 6.45) is 0.773. The zero-order valence-electron chi connectivity index (χ0n) is 12.2. The summed E-state index contributed by atoms with van der Waals surface area (Å²) in [4.78, 5) is 39.7. The highest BCUT2D eigenvalue weighted by Crippen LogP contribution is 2.00. The quantitative estimate of drug-likeness (QED) is 0.436. The third-order valence-electron chi connectivity index (χ3n) is 3.87. The number of hydrogen-bond donors (Lipinski definition) is 2. The van der Waals surface area contributed by atoms with E-state index in [9.17, 15) is 14.4 Å². The molecule has 0 saturated carbocycles. The molecule has 21 heavy (non-hydrogen) atoms. The van der Waals surface area contributed by atoms with E-state index in [2.05, 4.69) is 15.5 Å². The highest BCUT2D eigenvalue weighted by molar-refractivity contribution is 6.35.